The average molecular weight is 225 g/mol. The minimum absolute atomic E-state index is 0.0458. The highest BCUT2D eigenvalue weighted by molar-refractivity contribution is 7.86. The molecule has 0 radical (unpaired) electrons. The number of hydrogen-bond acceptors (Lipinski definition) is 4. The Hall–Kier alpha value is -0.690. The van der Waals surface area contributed by atoms with Crippen molar-refractivity contribution in [1.29, 1.82) is 0 Å². The van der Waals surface area contributed by atoms with Crippen molar-refractivity contribution in [3.8, 4) is 0 Å². The lowest BCUT2D eigenvalue weighted by atomic mass is 10.2. The van der Waals surface area contributed by atoms with Crippen LogP contribution in [0.15, 0.2) is 0 Å². The molecule has 0 aromatic carbocycles. The average Bonchev–Trinajstić information content (AvgIpc) is 2.46. The topological polar surface area (TPSA) is 74.7 Å². The molecule has 0 saturated carbocycles. The molecule has 0 aromatic rings. The third-order valence-corrected chi connectivity index (χ3v) is 2.94. The molecule has 5 nitrogen and oxygen atoms in total. The SMILES string of the molecule is O=C(O)C1CCCN1CCS(=O)(=O)F. The number of hydrogen-bond donors (Lipinski definition) is 1. The van der Waals surface area contributed by atoms with Gasteiger partial charge in [0.2, 0.25) is 0 Å². The molecule has 0 spiro atoms. The van der Waals surface area contributed by atoms with Crippen LogP contribution in [0, 0.1) is 0 Å². The van der Waals surface area contributed by atoms with Crippen LogP contribution < -0.4 is 0 Å². The second-order valence-corrected chi connectivity index (χ2v) is 4.76. The van der Waals surface area contributed by atoms with Gasteiger partial charge in [-0.3, -0.25) is 9.69 Å². The van der Waals surface area contributed by atoms with E-state index in [4.69, 9.17) is 5.11 Å². The fraction of sp³-hybridized carbons (Fsp3) is 0.857. The first kappa shape index (κ1) is 11.4. The first-order chi connectivity index (χ1) is 6.40. The van der Waals surface area contributed by atoms with Crippen LogP contribution in [0.5, 0.6) is 0 Å². The van der Waals surface area contributed by atoms with Gasteiger partial charge in [-0.2, -0.15) is 8.42 Å². The number of carbonyl (C=O) groups is 1. The van der Waals surface area contributed by atoms with E-state index in [1.165, 1.54) is 4.90 Å². The monoisotopic (exact) mass is 225 g/mol. The van der Waals surface area contributed by atoms with E-state index in [1.807, 2.05) is 0 Å². The number of carboxylic acids is 1. The van der Waals surface area contributed by atoms with Crippen LogP contribution in [0.25, 0.3) is 0 Å². The maximum atomic E-state index is 12.2. The van der Waals surface area contributed by atoms with Crippen molar-refractivity contribution in [3.05, 3.63) is 0 Å². The maximum absolute atomic E-state index is 12.2. The van der Waals surface area contributed by atoms with Gasteiger partial charge in [0.25, 0.3) is 0 Å². The van der Waals surface area contributed by atoms with E-state index in [2.05, 4.69) is 0 Å². The molecule has 1 N–H and O–H groups in total. The summed E-state index contributed by atoms with van der Waals surface area (Å²) in [7, 11) is -4.50. The van der Waals surface area contributed by atoms with Crippen molar-refractivity contribution in [2.75, 3.05) is 18.8 Å². The van der Waals surface area contributed by atoms with Crippen molar-refractivity contribution in [1.82, 2.24) is 4.90 Å². The Bertz CT molecular complexity index is 316. The molecule has 7 heteroatoms. The first-order valence-corrected chi connectivity index (χ1v) is 5.84. The van der Waals surface area contributed by atoms with Crippen LogP contribution in [-0.2, 0) is 15.0 Å². The van der Waals surface area contributed by atoms with Crippen LogP contribution in [-0.4, -0.2) is 49.3 Å². The molecule has 1 aliphatic heterocycles. The molecule has 0 aliphatic carbocycles. The van der Waals surface area contributed by atoms with Gasteiger partial charge in [-0.15, -0.1) is 3.89 Å². The molecule has 1 saturated heterocycles. The summed E-state index contributed by atoms with van der Waals surface area (Å²) in [5.41, 5.74) is 0. The number of halogens is 1. The summed E-state index contributed by atoms with van der Waals surface area (Å²) < 4.78 is 32.6. The van der Waals surface area contributed by atoms with Gasteiger partial charge in [-0.1, -0.05) is 0 Å². The van der Waals surface area contributed by atoms with Gasteiger partial charge in [0.15, 0.2) is 0 Å². The Kier molecular flexibility index (Phi) is 3.43. The standard InChI is InChI=1S/C7H12FNO4S/c8-14(12,13)5-4-9-3-1-2-6(9)7(10)11/h6H,1-5H2,(H,10,11). The molecule has 14 heavy (non-hydrogen) atoms. The smallest absolute Gasteiger partial charge is 0.320 e. The van der Waals surface area contributed by atoms with E-state index in [-0.39, 0.29) is 6.54 Å². The van der Waals surface area contributed by atoms with Gasteiger partial charge < -0.3 is 5.11 Å². The Morgan fingerprint density at radius 2 is 2.21 bits per heavy atom. The molecule has 1 unspecified atom stereocenters. The number of carboxylic acid groups (broad SMARTS) is 1. The maximum Gasteiger partial charge on any atom is 0.320 e. The fourth-order valence-electron chi connectivity index (χ4n) is 1.60. The van der Waals surface area contributed by atoms with Gasteiger partial charge in [-0.25, -0.2) is 0 Å². The Morgan fingerprint density at radius 3 is 2.71 bits per heavy atom. The third kappa shape index (κ3) is 3.22. The minimum atomic E-state index is -4.50. The molecule has 1 fully saturated rings. The third-order valence-electron chi connectivity index (χ3n) is 2.27. The summed E-state index contributed by atoms with van der Waals surface area (Å²) >= 11 is 0. The lowest BCUT2D eigenvalue weighted by Gasteiger charge is -2.19. The summed E-state index contributed by atoms with van der Waals surface area (Å²) in [5, 5.41) is 8.73. The zero-order valence-corrected chi connectivity index (χ0v) is 8.33. The van der Waals surface area contributed by atoms with E-state index in [0.717, 1.165) is 0 Å². The number of aliphatic carboxylic acids is 1. The highest BCUT2D eigenvalue weighted by Gasteiger charge is 2.30. The highest BCUT2D eigenvalue weighted by Crippen LogP contribution is 2.17. The molecule has 82 valence electrons. The summed E-state index contributed by atoms with van der Waals surface area (Å²) in [4.78, 5) is 12.1. The Labute approximate surface area is 81.7 Å². The second kappa shape index (κ2) is 4.22. The van der Waals surface area contributed by atoms with Gasteiger partial charge in [0.05, 0.1) is 5.75 Å². The van der Waals surface area contributed by atoms with Crippen LogP contribution in [0.3, 0.4) is 0 Å². The molecular formula is C7H12FNO4S. The lowest BCUT2D eigenvalue weighted by Crippen LogP contribution is -2.38. The Morgan fingerprint density at radius 1 is 1.57 bits per heavy atom. The van der Waals surface area contributed by atoms with Crippen molar-refractivity contribution >= 4 is 16.2 Å². The van der Waals surface area contributed by atoms with Gasteiger partial charge >= 0.3 is 16.2 Å². The first-order valence-electron chi connectivity index (χ1n) is 4.29. The number of likely N-dealkylation sites (tertiary alicyclic amines) is 1. The van der Waals surface area contributed by atoms with Gasteiger partial charge in [-0.05, 0) is 19.4 Å². The van der Waals surface area contributed by atoms with Crippen molar-refractivity contribution < 1.29 is 22.2 Å². The van der Waals surface area contributed by atoms with Crippen LogP contribution in [0.4, 0.5) is 3.89 Å². The second-order valence-electron chi connectivity index (χ2n) is 3.28. The number of nitrogens with zero attached hydrogens (tertiary/aromatic N) is 1. The minimum Gasteiger partial charge on any atom is -0.480 e. The van der Waals surface area contributed by atoms with E-state index in [1.54, 1.807) is 0 Å². The predicted molar refractivity (Wildman–Crippen MR) is 47.1 cm³/mol. The van der Waals surface area contributed by atoms with E-state index >= 15 is 0 Å². The summed E-state index contributed by atoms with van der Waals surface area (Å²) in [5.74, 6) is -1.60. The van der Waals surface area contributed by atoms with Crippen LogP contribution in [0.2, 0.25) is 0 Å². The zero-order chi connectivity index (χ0) is 10.8. The summed E-state index contributed by atoms with van der Waals surface area (Å²) in [6, 6.07) is -0.656. The van der Waals surface area contributed by atoms with Crippen LogP contribution in [0.1, 0.15) is 12.8 Å². The lowest BCUT2D eigenvalue weighted by molar-refractivity contribution is -0.142. The number of rotatable bonds is 4. The molecular weight excluding hydrogens is 213 g/mol. The van der Waals surface area contributed by atoms with Crippen molar-refractivity contribution in [2.24, 2.45) is 0 Å². The Balaban J connectivity index is 2.48. The van der Waals surface area contributed by atoms with Crippen molar-refractivity contribution in [2.45, 2.75) is 18.9 Å². The van der Waals surface area contributed by atoms with Crippen LogP contribution >= 0.6 is 0 Å². The highest BCUT2D eigenvalue weighted by atomic mass is 32.3. The van der Waals surface area contributed by atoms with E-state index in [0.29, 0.717) is 19.4 Å². The molecule has 0 amide bonds. The van der Waals surface area contributed by atoms with E-state index < -0.39 is 28.0 Å². The van der Waals surface area contributed by atoms with Gasteiger partial charge in [0.1, 0.15) is 6.04 Å². The fourth-order valence-corrected chi connectivity index (χ4v) is 2.05. The molecule has 1 heterocycles. The summed E-state index contributed by atoms with van der Waals surface area (Å²) in [6.07, 6.45) is 1.21. The summed E-state index contributed by atoms with van der Waals surface area (Å²) in [6.45, 7) is 0.474. The largest absolute Gasteiger partial charge is 0.480 e. The zero-order valence-electron chi connectivity index (χ0n) is 7.52. The van der Waals surface area contributed by atoms with E-state index in [9.17, 15) is 17.1 Å². The van der Waals surface area contributed by atoms with Crippen molar-refractivity contribution in [3.63, 3.8) is 0 Å². The quantitative estimate of drug-likeness (QED) is 0.673. The molecule has 1 atom stereocenters. The molecule has 1 aliphatic rings. The van der Waals surface area contributed by atoms with Gasteiger partial charge in [0, 0.05) is 6.54 Å². The normalized spacial score (nSPS) is 23.9. The molecule has 1 rings (SSSR count). The molecule has 0 aromatic heterocycles. The molecule has 0 bridgehead atoms. The predicted octanol–water partition coefficient (Wildman–Crippen LogP) is -0.165.